The SMILES string of the molecule is O=C(O)COc1ccc(/C=N\NC(=O)c2ccc3ccccc3c2)cc1Cl. The van der Waals surface area contributed by atoms with Crippen molar-refractivity contribution < 1.29 is 19.4 Å². The van der Waals surface area contributed by atoms with Gasteiger partial charge in [0.2, 0.25) is 0 Å². The molecule has 3 aromatic carbocycles. The van der Waals surface area contributed by atoms with Gasteiger partial charge in [-0.2, -0.15) is 5.10 Å². The summed E-state index contributed by atoms with van der Waals surface area (Å²) < 4.78 is 5.04. The highest BCUT2D eigenvalue weighted by Gasteiger charge is 2.06. The van der Waals surface area contributed by atoms with Gasteiger partial charge in [-0.25, -0.2) is 10.2 Å². The van der Waals surface area contributed by atoms with Crippen LogP contribution in [-0.4, -0.2) is 29.8 Å². The van der Waals surface area contributed by atoms with Crippen LogP contribution in [0.2, 0.25) is 5.02 Å². The number of hydrogen-bond acceptors (Lipinski definition) is 4. The lowest BCUT2D eigenvalue weighted by atomic mass is 10.1. The van der Waals surface area contributed by atoms with Gasteiger partial charge in [-0.3, -0.25) is 4.79 Å². The van der Waals surface area contributed by atoms with Crippen molar-refractivity contribution in [3.8, 4) is 5.75 Å². The molecule has 136 valence electrons. The predicted molar refractivity (Wildman–Crippen MR) is 104 cm³/mol. The largest absolute Gasteiger partial charge is 0.480 e. The highest BCUT2D eigenvalue weighted by Crippen LogP contribution is 2.24. The molecule has 0 heterocycles. The van der Waals surface area contributed by atoms with Crippen LogP contribution in [-0.2, 0) is 4.79 Å². The average molecular weight is 383 g/mol. The van der Waals surface area contributed by atoms with Gasteiger partial charge >= 0.3 is 5.97 Å². The molecular weight excluding hydrogens is 368 g/mol. The minimum atomic E-state index is -1.09. The second kappa shape index (κ2) is 8.33. The Kier molecular flexibility index (Phi) is 5.68. The van der Waals surface area contributed by atoms with Crippen LogP contribution in [0.4, 0.5) is 0 Å². The van der Waals surface area contributed by atoms with Crippen molar-refractivity contribution in [2.24, 2.45) is 5.10 Å². The monoisotopic (exact) mass is 382 g/mol. The topological polar surface area (TPSA) is 88.0 Å². The molecule has 27 heavy (non-hydrogen) atoms. The molecule has 0 aliphatic carbocycles. The molecule has 2 N–H and O–H groups in total. The van der Waals surface area contributed by atoms with Crippen LogP contribution in [0.3, 0.4) is 0 Å². The Morgan fingerprint density at radius 1 is 1.07 bits per heavy atom. The van der Waals surface area contributed by atoms with E-state index in [4.69, 9.17) is 21.4 Å². The standard InChI is InChI=1S/C20H15ClN2O4/c21-17-9-13(5-8-18(17)27-12-19(24)25)11-22-23-20(26)16-7-6-14-3-1-2-4-15(14)10-16/h1-11H,12H2,(H,23,26)(H,24,25)/b22-11-. The highest BCUT2D eigenvalue weighted by atomic mass is 35.5. The van der Waals surface area contributed by atoms with Crippen LogP contribution >= 0.6 is 11.6 Å². The van der Waals surface area contributed by atoms with E-state index in [0.29, 0.717) is 11.1 Å². The molecule has 0 saturated heterocycles. The molecule has 0 bridgehead atoms. The zero-order valence-electron chi connectivity index (χ0n) is 14.1. The molecular formula is C20H15ClN2O4. The first-order valence-electron chi connectivity index (χ1n) is 7.99. The van der Waals surface area contributed by atoms with Gasteiger partial charge in [-0.05, 0) is 46.7 Å². The Morgan fingerprint density at radius 2 is 1.85 bits per heavy atom. The van der Waals surface area contributed by atoms with Crippen molar-refractivity contribution in [1.82, 2.24) is 5.43 Å². The van der Waals surface area contributed by atoms with E-state index in [1.165, 1.54) is 12.3 Å². The molecule has 0 atom stereocenters. The van der Waals surface area contributed by atoms with Crippen molar-refractivity contribution in [3.05, 3.63) is 76.8 Å². The maximum Gasteiger partial charge on any atom is 0.341 e. The van der Waals surface area contributed by atoms with Gasteiger partial charge in [0.15, 0.2) is 6.61 Å². The number of ether oxygens (including phenoxy) is 1. The van der Waals surface area contributed by atoms with Crippen LogP contribution in [0.1, 0.15) is 15.9 Å². The fraction of sp³-hybridized carbons (Fsp3) is 0.0500. The summed E-state index contributed by atoms with van der Waals surface area (Å²) in [6.07, 6.45) is 1.44. The van der Waals surface area contributed by atoms with E-state index >= 15 is 0 Å². The molecule has 3 rings (SSSR count). The number of nitrogens with one attached hydrogen (secondary N) is 1. The summed E-state index contributed by atoms with van der Waals surface area (Å²) in [7, 11) is 0. The molecule has 0 spiro atoms. The number of aliphatic carboxylic acids is 1. The third-order valence-electron chi connectivity index (χ3n) is 3.70. The fourth-order valence-electron chi connectivity index (χ4n) is 2.41. The normalized spacial score (nSPS) is 10.9. The van der Waals surface area contributed by atoms with Crippen LogP contribution in [0.5, 0.6) is 5.75 Å². The van der Waals surface area contributed by atoms with Gasteiger partial charge in [0.25, 0.3) is 5.91 Å². The lowest BCUT2D eigenvalue weighted by Crippen LogP contribution is -2.17. The molecule has 0 fully saturated rings. The van der Waals surface area contributed by atoms with E-state index in [0.717, 1.165) is 10.8 Å². The highest BCUT2D eigenvalue weighted by molar-refractivity contribution is 6.32. The van der Waals surface area contributed by atoms with Crippen LogP contribution in [0.15, 0.2) is 65.8 Å². The third-order valence-corrected chi connectivity index (χ3v) is 3.99. The summed E-state index contributed by atoms with van der Waals surface area (Å²) in [5.41, 5.74) is 3.59. The van der Waals surface area contributed by atoms with Gasteiger partial charge in [0, 0.05) is 5.56 Å². The van der Waals surface area contributed by atoms with Crippen molar-refractivity contribution in [2.75, 3.05) is 6.61 Å². The molecule has 7 heteroatoms. The molecule has 0 unspecified atom stereocenters. The molecule has 0 radical (unpaired) electrons. The van der Waals surface area contributed by atoms with Gasteiger partial charge in [-0.1, -0.05) is 41.9 Å². The Balaban J connectivity index is 1.64. The molecule has 0 saturated carbocycles. The quantitative estimate of drug-likeness (QED) is 0.502. The van der Waals surface area contributed by atoms with Gasteiger partial charge in [0.05, 0.1) is 11.2 Å². The number of carboxylic acid groups (broad SMARTS) is 1. The van der Waals surface area contributed by atoms with Gasteiger partial charge < -0.3 is 9.84 Å². The molecule has 6 nitrogen and oxygen atoms in total. The minimum absolute atomic E-state index is 0.251. The number of halogens is 1. The number of benzene rings is 3. The second-order valence-corrected chi connectivity index (χ2v) is 6.04. The van der Waals surface area contributed by atoms with E-state index in [1.807, 2.05) is 30.3 Å². The Morgan fingerprint density at radius 3 is 2.59 bits per heavy atom. The first-order valence-corrected chi connectivity index (χ1v) is 8.37. The average Bonchev–Trinajstić information content (AvgIpc) is 2.66. The van der Waals surface area contributed by atoms with Crippen molar-refractivity contribution in [1.29, 1.82) is 0 Å². The number of amides is 1. The minimum Gasteiger partial charge on any atom is -0.480 e. The summed E-state index contributed by atoms with van der Waals surface area (Å²) in [6.45, 7) is -0.477. The van der Waals surface area contributed by atoms with Crippen LogP contribution in [0.25, 0.3) is 10.8 Å². The molecule has 3 aromatic rings. The zero-order chi connectivity index (χ0) is 19.2. The summed E-state index contributed by atoms with van der Waals surface area (Å²) in [6, 6.07) is 17.9. The Hall–Kier alpha value is -3.38. The summed E-state index contributed by atoms with van der Waals surface area (Å²) in [5, 5.41) is 14.8. The lowest BCUT2D eigenvalue weighted by Gasteiger charge is -2.06. The van der Waals surface area contributed by atoms with E-state index in [-0.39, 0.29) is 16.7 Å². The number of rotatable bonds is 6. The number of carboxylic acids is 1. The smallest absolute Gasteiger partial charge is 0.341 e. The first-order chi connectivity index (χ1) is 13.0. The summed E-state index contributed by atoms with van der Waals surface area (Å²) >= 11 is 6.04. The van der Waals surface area contributed by atoms with E-state index < -0.39 is 12.6 Å². The van der Waals surface area contributed by atoms with E-state index in [1.54, 1.807) is 24.3 Å². The maximum absolute atomic E-state index is 12.2. The Labute approximate surface area is 160 Å². The number of carbonyl (C=O) groups is 2. The number of hydrazone groups is 1. The second-order valence-electron chi connectivity index (χ2n) is 5.63. The van der Waals surface area contributed by atoms with Crippen LogP contribution < -0.4 is 10.2 Å². The molecule has 0 aliphatic rings. The first kappa shape index (κ1) is 18.4. The predicted octanol–water partition coefficient (Wildman–Crippen LogP) is 3.72. The number of carbonyl (C=O) groups excluding carboxylic acids is 1. The van der Waals surface area contributed by atoms with Crippen molar-refractivity contribution in [3.63, 3.8) is 0 Å². The molecule has 0 aromatic heterocycles. The summed E-state index contributed by atoms with van der Waals surface area (Å²) in [5.74, 6) is -1.16. The number of hydrogen-bond donors (Lipinski definition) is 2. The Bertz CT molecular complexity index is 1030. The van der Waals surface area contributed by atoms with Gasteiger partial charge in [0.1, 0.15) is 5.75 Å². The number of fused-ring (bicyclic) bond motifs is 1. The number of nitrogens with zero attached hydrogens (tertiary/aromatic N) is 1. The summed E-state index contributed by atoms with van der Waals surface area (Å²) in [4.78, 5) is 22.7. The maximum atomic E-state index is 12.2. The van der Waals surface area contributed by atoms with Crippen LogP contribution in [0, 0.1) is 0 Å². The third kappa shape index (κ3) is 4.83. The van der Waals surface area contributed by atoms with Gasteiger partial charge in [-0.15, -0.1) is 0 Å². The molecule has 0 aliphatic heterocycles. The van der Waals surface area contributed by atoms with E-state index in [2.05, 4.69) is 10.5 Å². The van der Waals surface area contributed by atoms with Crippen molar-refractivity contribution in [2.45, 2.75) is 0 Å². The zero-order valence-corrected chi connectivity index (χ0v) is 14.8. The molecule has 1 amide bonds. The van der Waals surface area contributed by atoms with E-state index in [9.17, 15) is 9.59 Å². The fourth-order valence-corrected chi connectivity index (χ4v) is 2.66. The van der Waals surface area contributed by atoms with Crippen molar-refractivity contribution >= 4 is 40.5 Å². The lowest BCUT2D eigenvalue weighted by molar-refractivity contribution is -0.139.